The Morgan fingerprint density at radius 3 is 2.21 bits per heavy atom. The van der Waals surface area contributed by atoms with Crippen LogP contribution in [0.15, 0.2) is 205 Å². The number of nitrogens with zero attached hydrogens (tertiary/aromatic N) is 2. The topological polar surface area (TPSA) is 24.9 Å². The molecule has 1 fully saturated rings. The Morgan fingerprint density at radius 1 is 0.795 bits per heavy atom. The third kappa shape index (κ3) is 11.0. The van der Waals surface area contributed by atoms with Crippen LogP contribution in [-0.4, -0.2) is 13.2 Å². The van der Waals surface area contributed by atoms with Gasteiger partial charge in [0, 0.05) is 27.7 Å². The van der Waals surface area contributed by atoms with Crippen LogP contribution in [0.3, 0.4) is 0 Å². The number of para-hydroxylation sites is 1. The van der Waals surface area contributed by atoms with Gasteiger partial charge in [0.1, 0.15) is 24.8 Å². The number of benzene rings is 6. The summed E-state index contributed by atoms with van der Waals surface area (Å²) in [5, 5.41) is 6.44. The maximum atomic E-state index is 14.9. The first-order valence-electron chi connectivity index (χ1n) is 26.5. The second-order valence-corrected chi connectivity index (χ2v) is 20.1. The quantitative estimate of drug-likeness (QED) is 0.0756. The molecule has 6 aromatic rings. The highest BCUT2D eigenvalue weighted by atomic mass is 19.1. The minimum atomic E-state index is -0.310. The summed E-state index contributed by atoms with van der Waals surface area (Å²) in [5.74, 6) is 1.99. The Bertz CT molecular complexity index is 3260. The summed E-state index contributed by atoms with van der Waals surface area (Å²) in [6.07, 6.45) is 31.5. The summed E-state index contributed by atoms with van der Waals surface area (Å²) in [7, 11) is 0. The highest BCUT2D eigenvalue weighted by Crippen LogP contribution is 2.50. The first-order chi connectivity index (χ1) is 35.6. The molecule has 1 aliphatic carbocycles. The lowest BCUT2D eigenvalue weighted by Crippen LogP contribution is -2.22. The summed E-state index contributed by atoms with van der Waals surface area (Å²) in [6, 6.07) is 30.5. The molecule has 9 rings (SSSR count). The van der Waals surface area contributed by atoms with Crippen LogP contribution >= 0.6 is 0 Å². The predicted octanol–water partition coefficient (Wildman–Crippen LogP) is 19.7. The zero-order valence-electron chi connectivity index (χ0n) is 43.5. The van der Waals surface area contributed by atoms with Crippen molar-refractivity contribution in [2.75, 3.05) is 23.0 Å². The number of allylic oxidation sites excluding steroid dienone is 15. The van der Waals surface area contributed by atoms with E-state index >= 15 is 0 Å². The number of unbranched alkanes of at least 4 members (excludes halogenated alkanes) is 1. The van der Waals surface area contributed by atoms with E-state index in [0.29, 0.717) is 31.5 Å². The minimum Gasteiger partial charge on any atom is -0.487 e. The molecule has 1 saturated carbocycles. The highest BCUT2D eigenvalue weighted by molar-refractivity contribution is 6.28. The van der Waals surface area contributed by atoms with Crippen LogP contribution in [0.25, 0.3) is 37.9 Å². The standard InChI is InChI=1S/C67H70F2N2O2/c1-8-11-23-51(10-3)55-25-16-19-45(4)58-26-17-27-63(67(58)73-44-55)71(57-36-34-56(69)35-37-57)62-41-33-53-30-38-59-61(40-32-52-31-39-60(62)65(53)64(52)59)70(47(6)29-28-46(5)68)48(7)66-54(18-9-2)24-15-14-22-50(43-72-66)42-49-20-12-13-21-49/h9,14-19,22,25-41,49,51H,2,4,8,10-13,20-21,23-24,42-44H2,1,3,5-7H3/b15-14-,19-16-,46-28+,47-29+,50-22-,54-18-,55-25+,66-48-. The fraction of sp³-hybridized carbons (Fsp3) is 0.284. The summed E-state index contributed by atoms with van der Waals surface area (Å²) < 4.78 is 43.6. The van der Waals surface area contributed by atoms with Crippen molar-refractivity contribution in [1.82, 2.24) is 0 Å². The van der Waals surface area contributed by atoms with E-state index in [4.69, 9.17) is 9.47 Å². The smallest absolute Gasteiger partial charge is 0.151 e. The predicted molar refractivity (Wildman–Crippen MR) is 306 cm³/mol. The van der Waals surface area contributed by atoms with Crippen LogP contribution in [0.2, 0.25) is 0 Å². The molecule has 0 amide bonds. The average molecular weight is 973 g/mol. The average Bonchev–Trinajstić information content (AvgIpc) is 3.96. The molecule has 0 saturated heterocycles. The van der Waals surface area contributed by atoms with Crippen LogP contribution in [0.1, 0.15) is 104 Å². The Morgan fingerprint density at radius 2 is 1.51 bits per heavy atom. The molecule has 1 unspecified atom stereocenters. The van der Waals surface area contributed by atoms with Gasteiger partial charge in [0.15, 0.2) is 5.75 Å². The van der Waals surface area contributed by atoms with E-state index in [0.717, 1.165) is 127 Å². The zero-order valence-corrected chi connectivity index (χ0v) is 43.5. The second kappa shape index (κ2) is 23.1. The lowest BCUT2D eigenvalue weighted by molar-refractivity contribution is 0.236. The molecule has 0 N–H and O–H groups in total. The van der Waals surface area contributed by atoms with Crippen LogP contribution in [-0.2, 0) is 4.74 Å². The molecule has 1 atom stereocenters. The molecule has 4 nitrogen and oxygen atoms in total. The van der Waals surface area contributed by atoms with Gasteiger partial charge in [0.25, 0.3) is 0 Å². The maximum absolute atomic E-state index is 14.9. The first-order valence-corrected chi connectivity index (χ1v) is 26.5. The lowest BCUT2D eigenvalue weighted by Gasteiger charge is -2.32. The van der Waals surface area contributed by atoms with Crippen LogP contribution in [0, 0.1) is 17.7 Å². The minimum absolute atomic E-state index is 0.280. The normalized spacial score (nSPS) is 20.0. The van der Waals surface area contributed by atoms with E-state index in [1.807, 2.05) is 37.3 Å². The van der Waals surface area contributed by atoms with E-state index in [1.54, 1.807) is 0 Å². The van der Waals surface area contributed by atoms with Crippen molar-refractivity contribution in [1.29, 1.82) is 0 Å². The monoisotopic (exact) mass is 973 g/mol. The van der Waals surface area contributed by atoms with E-state index in [9.17, 15) is 8.78 Å². The van der Waals surface area contributed by atoms with Crippen LogP contribution in [0.5, 0.6) is 5.75 Å². The number of hydrogen-bond acceptors (Lipinski definition) is 4. The molecule has 6 heteroatoms. The molecule has 3 aliphatic rings. The number of rotatable bonds is 15. The molecule has 2 aliphatic heterocycles. The number of halogens is 2. The second-order valence-electron chi connectivity index (χ2n) is 20.1. The Labute approximate surface area is 432 Å². The van der Waals surface area contributed by atoms with Gasteiger partial charge in [-0.25, -0.2) is 8.78 Å². The number of anilines is 4. The Balaban J connectivity index is 1.23. The lowest BCUT2D eigenvalue weighted by atomic mass is 9.91. The van der Waals surface area contributed by atoms with Crippen molar-refractivity contribution >= 4 is 60.6 Å². The van der Waals surface area contributed by atoms with Gasteiger partial charge in [-0.2, -0.15) is 0 Å². The SMILES string of the molecule is C=C/C=C1/C/C=C\C=C(\CC2CCCC2)CO/C1=C(/C)N(/C(C)=C/C=C(\C)F)c1ccc2ccc3c(N(c4ccc(F)cc4)c4cccc5c4OC/C(C(CC)CCCC)=C\C=C/C5=C)ccc4ccc1c2c43. The van der Waals surface area contributed by atoms with Gasteiger partial charge >= 0.3 is 0 Å². The van der Waals surface area contributed by atoms with Gasteiger partial charge in [-0.05, 0) is 157 Å². The van der Waals surface area contributed by atoms with Gasteiger partial charge in [-0.15, -0.1) is 0 Å². The highest BCUT2D eigenvalue weighted by Gasteiger charge is 2.27. The van der Waals surface area contributed by atoms with Crippen molar-refractivity contribution in [2.24, 2.45) is 11.8 Å². The van der Waals surface area contributed by atoms with Crippen molar-refractivity contribution < 1.29 is 18.3 Å². The molecule has 73 heavy (non-hydrogen) atoms. The van der Waals surface area contributed by atoms with Gasteiger partial charge < -0.3 is 19.3 Å². The van der Waals surface area contributed by atoms with Gasteiger partial charge in [0.05, 0.1) is 28.6 Å². The molecular weight excluding hydrogens is 903 g/mol. The zero-order chi connectivity index (χ0) is 51.0. The van der Waals surface area contributed by atoms with Crippen molar-refractivity contribution in [3.05, 3.63) is 216 Å². The number of ether oxygens (including phenoxy) is 2. The van der Waals surface area contributed by atoms with E-state index < -0.39 is 0 Å². The van der Waals surface area contributed by atoms with Crippen LogP contribution < -0.4 is 14.5 Å². The van der Waals surface area contributed by atoms with Gasteiger partial charge in [-0.3, -0.25) is 0 Å². The maximum Gasteiger partial charge on any atom is 0.151 e. The molecule has 0 spiro atoms. The first kappa shape index (κ1) is 50.7. The summed E-state index contributed by atoms with van der Waals surface area (Å²) >= 11 is 0. The van der Waals surface area contributed by atoms with E-state index in [2.05, 4.69) is 147 Å². The molecule has 0 bridgehead atoms. The van der Waals surface area contributed by atoms with Crippen molar-refractivity contribution in [3.63, 3.8) is 0 Å². The summed E-state index contributed by atoms with van der Waals surface area (Å²) in [4.78, 5) is 4.44. The fourth-order valence-corrected chi connectivity index (χ4v) is 11.4. The molecule has 374 valence electrons. The Hall–Kier alpha value is -7.18. The van der Waals surface area contributed by atoms with Gasteiger partial charge in [-0.1, -0.05) is 163 Å². The summed E-state index contributed by atoms with van der Waals surface area (Å²) in [6.45, 7) is 19.7. The molecule has 0 radical (unpaired) electrons. The number of hydrogen-bond donors (Lipinski definition) is 0. The van der Waals surface area contributed by atoms with Crippen LogP contribution in [0.4, 0.5) is 31.5 Å². The molecule has 2 heterocycles. The van der Waals surface area contributed by atoms with E-state index in [1.165, 1.54) is 62.0 Å². The third-order valence-corrected chi connectivity index (χ3v) is 15.1. The van der Waals surface area contributed by atoms with E-state index in [-0.39, 0.29) is 11.6 Å². The fourth-order valence-electron chi connectivity index (χ4n) is 11.4. The molecular formula is C67H70F2N2O2. The third-order valence-electron chi connectivity index (χ3n) is 15.1. The Kier molecular flexibility index (Phi) is 16.1. The van der Waals surface area contributed by atoms with Crippen molar-refractivity contribution in [2.45, 2.75) is 98.8 Å². The molecule has 6 aromatic carbocycles. The molecule has 0 aromatic heterocycles. The van der Waals surface area contributed by atoms with Gasteiger partial charge in [0.2, 0.25) is 0 Å². The largest absolute Gasteiger partial charge is 0.487 e. The van der Waals surface area contributed by atoms with Crippen molar-refractivity contribution in [3.8, 4) is 5.75 Å². The number of fused-ring (bicyclic) bond motifs is 1. The summed E-state index contributed by atoms with van der Waals surface area (Å²) in [5.41, 5.74) is 10.5.